The van der Waals surface area contributed by atoms with E-state index in [2.05, 4.69) is 24.1 Å². The van der Waals surface area contributed by atoms with Crippen molar-refractivity contribution in [1.82, 2.24) is 10.3 Å². The molecular weight excluding hydrogens is 518 g/mol. The van der Waals surface area contributed by atoms with Gasteiger partial charge in [-0.2, -0.15) is 0 Å². The molecule has 0 saturated carbocycles. The van der Waals surface area contributed by atoms with Gasteiger partial charge in [0.05, 0.1) is 6.61 Å². The molecule has 0 radical (unpaired) electrons. The van der Waals surface area contributed by atoms with Crippen LogP contribution in [-0.4, -0.2) is 41.5 Å². The minimum Gasteiger partial charge on any atom is -0.464 e. The van der Waals surface area contributed by atoms with Crippen molar-refractivity contribution < 1.29 is 23.9 Å². The van der Waals surface area contributed by atoms with E-state index in [1.807, 2.05) is 42.6 Å². The van der Waals surface area contributed by atoms with Crippen LogP contribution in [-0.2, 0) is 38.4 Å². The van der Waals surface area contributed by atoms with Crippen molar-refractivity contribution >= 4 is 41.2 Å². The van der Waals surface area contributed by atoms with Crippen molar-refractivity contribution in [1.29, 1.82) is 0 Å². The number of amides is 1. The molecule has 1 aromatic heterocycles. The minimum atomic E-state index is -0.959. The van der Waals surface area contributed by atoms with Gasteiger partial charge in [0.15, 0.2) is 0 Å². The molecule has 1 heterocycles. The Hall–Kier alpha value is -3.36. The molecule has 39 heavy (non-hydrogen) atoms. The second kappa shape index (κ2) is 14.1. The van der Waals surface area contributed by atoms with Crippen LogP contribution in [0.4, 0.5) is 0 Å². The average Bonchev–Trinajstić information content (AvgIpc) is 3.53. The van der Waals surface area contributed by atoms with Gasteiger partial charge in [-0.25, -0.2) is 9.59 Å². The van der Waals surface area contributed by atoms with E-state index < -0.39 is 24.0 Å². The van der Waals surface area contributed by atoms with E-state index in [1.165, 1.54) is 11.1 Å². The number of fused-ring (bicyclic) bond motifs is 2. The summed E-state index contributed by atoms with van der Waals surface area (Å²) in [6, 6.07) is 11.6. The van der Waals surface area contributed by atoms with E-state index in [4.69, 9.17) is 15.2 Å². The van der Waals surface area contributed by atoms with Gasteiger partial charge in [0.25, 0.3) is 0 Å². The normalized spacial score (nSPS) is 13.8. The first-order chi connectivity index (χ1) is 18.3. The van der Waals surface area contributed by atoms with Gasteiger partial charge in [-0.3, -0.25) is 4.79 Å². The van der Waals surface area contributed by atoms with Crippen molar-refractivity contribution in [2.75, 3.05) is 6.61 Å². The molecule has 0 fully saturated rings. The predicted molar refractivity (Wildman–Crippen MR) is 153 cm³/mol. The van der Waals surface area contributed by atoms with Crippen molar-refractivity contribution in [3.05, 3.63) is 65.4 Å². The molecule has 2 atom stereocenters. The number of aromatic nitrogens is 1. The molecule has 1 unspecified atom stereocenters. The Labute approximate surface area is 235 Å². The average molecular weight is 556 g/mol. The van der Waals surface area contributed by atoms with E-state index in [0.29, 0.717) is 11.7 Å². The lowest BCUT2D eigenvalue weighted by atomic mass is 10.0. The summed E-state index contributed by atoms with van der Waals surface area (Å²) in [5.74, 6) is -0.582. The molecule has 4 rings (SSSR count). The lowest BCUT2D eigenvalue weighted by molar-refractivity contribution is -0.148. The summed E-state index contributed by atoms with van der Waals surface area (Å²) in [5, 5.41) is 3.78. The molecule has 3 aromatic rings. The molecular formula is C30H38ClN3O5. The Kier molecular flexibility index (Phi) is 10.9. The first kappa shape index (κ1) is 30.2. The number of aryl methyl sites for hydroxylation is 2. The molecule has 0 spiro atoms. The number of H-pyrrole nitrogens is 1. The smallest absolute Gasteiger partial charge is 0.328 e. The van der Waals surface area contributed by atoms with Crippen molar-refractivity contribution in [2.24, 2.45) is 11.7 Å². The highest BCUT2D eigenvalue weighted by Crippen LogP contribution is 2.26. The molecule has 9 heteroatoms. The van der Waals surface area contributed by atoms with Gasteiger partial charge >= 0.3 is 11.9 Å². The number of aromatic amines is 1. The Balaban J connectivity index is 0.00000420. The maximum absolute atomic E-state index is 12.9. The first-order valence-corrected chi connectivity index (χ1v) is 13.4. The van der Waals surface area contributed by atoms with Crippen molar-refractivity contribution in [3.63, 3.8) is 0 Å². The van der Waals surface area contributed by atoms with Crippen LogP contribution < -0.4 is 15.8 Å². The molecule has 8 nitrogen and oxygen atoms in total. The fourth-order valence-corrected chi connectivity index (χ4v) is 4.68. The largest absolute Gasteiger partial charge is 0.464 e. The van der Waals surface area contributed by atoms with Gasteiger partial charge < -0.3 is 25.5 Å². The van der Waals surface area contributed by atoms with Crippen molar-refractivity contribution in [2.45, 2.75) is 70.9 Å². The van der Waals surface area contributed by atoms with E-state index in [0.717, 1.165) is 42.1 Å². The maximum atomic E-state index is 12.9. The number of nitrogens with one attached hydrogen (secondary N) is 2. The van der Waals surface area contributed by atoms with Gasteiger partial charge in [0.2, 0.25) is 5.91 Å². The fraction of sp³-hybridized carbons (Fsp3) is 0.433. The number of hydrogen-bond donors (Lipinski definition) is 3. The fourth-order valence-electron chi connectivity index (χ4n) is 4.68. The van der Waals surface area contributed by atoms with Crippen LogP contribution in [0.15, 0.2) is 48.7 Å². The summed E-state index contributed by atoms with van der Waals surface area (Å²) in [5.41, 5.74) is 10.4. The highest BCUT2D eigenvalue weighted by molar-refractivity contribution is 5.88. The maximum Gasteiger partial charge on any atom is 0.328 e. The van der Waals surface area contributed by atoms with E-state index >= 15 is 0 Å². The number of benzene rings is 2. The lowest BCUT2D eigenvalue weighted by Gasteiger charge is -2.19. The summed E-state index contributed by atoms with van der Waals surface area (Å²) in [7, 11) is 0. The molecule has 210 valence electrons. The zero-order chi connectivity index (χ0) is 27.1. The Bertz CT molecular complexity index is 1290. The van der Waals surface area contributed by atoms with E-state index in [1.54, 1.807) is 6.07 Å². The van der Waals surface area contributed by atoms with Gasteiger partial charge in [0.1, 0.15) is 17.8 Å². The van der Waals surface area contributed by atoms with Gasteiger partial charge in [-0.05, 0) is 72.9 Å². The summed E-state index contributed by atoms with van der Waals surface area (Å²) >= 11 is 0. The quantitative estimate of drug-likeness (QED) is 0.225. The van der Waals surface area contributed by atoms with E-state index in [9.17, 15) is 14.4 Å². The van der Waals surface area contributed by atoms with Crippen LogP contribution in [0, 0.1) is 5.92 Å². The molecule has 0 aliphatic heterocycles. The van der Waals surface area contributed by atoms with Gasteiger partial charge in [0, 0.05) is 29.9 Å². The number of para-hydroxylation sites is 1. The number of carbonyl (C=O) groups is 3. The summed E-state index contributed by atoms with van der Waals surface area (Å²) in [6.45, 7) is 4.39. The number of carbonyl (C=O) groups excluding carboxylic acids is 3. The highest BCUT2D eigenvalue weighted by Gasteiger charge is 2.25. The van der Waals surface area contributed by atoms with E-state index in [-0.39, 0.29) is 44.2 Å². The summed E-state index contributed by atoms with van der Waals surface area (Å²) < 4.78 is 10.9. The third-order valence-corrected chi connectivity index (χ3v) is 6.93. The van der Waals surface area contributed by atoms with Crippen LogP contribution in [0.2, 0.25) is 0 Å². The number of rotatable bonds is 12. The predicted octanol–water partition coefficient (Wildman–Crippen LogP) is 4.41. The summed E-state index contributed by atoms with van der Waals surface area (Å²) in [6.07, 6.45) is 6.06. The molecule has 1 amide bonds. The second-order valence-corrected chi connectivity index (χ2v) is 10.4. The van der Waals surface area contributed by atoms with Crippen LogP contribution in [0.25, 0.3) is 10.9 Å². The topological polar surface area (TPSA) is 124 Å². The van der Waals surface area contributed by atoms with Crippen LogP contribution >= 0.6 is 12.4 Å². The monoisotopic (exact) mass is 555 g/mol. The Morgan fingerprint density at radius 2 is 1.79 bits per heavy atom. The zero-order valence-corrected chi connectivity index (χ0v) is 23.4. The van der Waals surface area contributed by atoms with Crippen LogP contribution in [0.5, 0.6) is 5.75 Å². The third-order valence-electron chi connectivity index (χ3n) is 6.93. The molecule has 1 aliphatic rings. The minimum absolute atomic E-state index is 0. The first-order valence-electron chi connectivity index (χ1n) is 13.4. The molecule has 0 saturated heterocycles. The second-order valence-electron chi connectivity index (χ2n) is 10.4. The SMILES string of the molecule is CC(C)CCOC(=O)[C@H](Cc1c[nH]c2ccccc12)NC(=O)CCC(N)C(=O)Oc1ccc2c(c1)CCC2.Cl. The molecule has 0 bridgehead atoms. The Morgan fingerprint density at radius 1 is 1.03 bits per heavy atom. The standard InChI is InChI=1S/C30H37N3O5.ClH/c1-19(2)14-15-37-30(36)27(17-22-18-32-26-9-4-3-8-24(22)26)33-28(34)13-12-25(31)29(35)38-23-11-10-20-6-5-7-21(20)16-23;/h3-4,8-11,16,18-19,25,27,32H,5-7,12-15,17,31H2,1-2H3,(H,33,34);1H/t25?,27-;/m0./s1. The van der Waals surface area contributed by atoms with Crippen molar-refractivity contribution in [3.8, 4) is 5.75 Å². The third kappa shape index (κ3) is 8.31. The molecule has 1 aliphatic carbocycles. The van der Waals surface area contributed by atoms with Gasteiger partial charge in [-0.1, -0.05) is 38.1 Å². The molecule has 2 aromatic carbocycles. The number of ether oxygens (including phenoxy) is 2. The number of esters is 2. The van der Waals surface area contributed by atoms with Gasteiger partial charge in [-0.15, -0.1) is 12.4 Å². The number of hydrogen-bond acceptors (Lipinski definition) is 6. The highest BCUT2D eigenvalue weighted by atomic mass is 35.5. The van der Waals surface area contributed by atoms with Crippen LogP contribution in [0.1, 0.15) is 56.2 Å². The lowest BCUT2D eigenvalue weighted by Crippen LogP contribution is -2.44. The number of halogens is 1. The zero-order valence-electron chi connectivity index (χ0n) is 22.5. The molecule has 4 N–H and O–H groups in total. The number of nitrogens with two attached hydrogens (primary N) is 1. The van der Waals surface area contributed by atoms with Crippen LogP contribution in [0.3, 0.4) is 0 Å². The summed E-state index contributed by atoms with van der Waals surface area (Å²) in [4.78, 5) is 41.4. The Morgan fingerprint density at radius 3 is 2.59 bits per heavy atom.